The molecule has 0 N–H and O–H groups in total. The van der Waals surface area contributed by atoms with Crippen LogP contribution < -0.4 is 4.40 Å². The molecule has 0 atom stereocenters. The molecule has 0 saturated carbocycles. The Balaban J connectivity index is 2.88. The molecule has 2 radical (unpaired) electrons. The van der Waals surface area contributed by atoms with Crippen LogP contribution in [-0.4, -0.2) is 15.4 Å². The summed E-state index contributed by atoms with van der Waals surface area (Å²) in [6.07, 6.45) is 0. The molecule has 1 aromatic carbocycles. The number of rotatable bonds is 1. The molecule has 0 fully saturated rings. The molecular weight excluding hydrogens is 192 g/mol. The van der Waals surface area contributed by atoms with E-state index in [-0.39, 0.29) is 15.4 Å². The van der Waals surface area contributed by atoms with Crippen molar-refractivity contribution in [2.24, 2.45) is 0 Å². The van der Waals surface area contributed by atoms with Crippen molar-refractivity contribution in [3.8, 4) is 0 Å². The number of benzene rings is 1. The van der Waals surface area contributed by atoms with Gasteiger partial charge in [0, 0.05) is 0 Å². The zero-order valence-electron chi connectivity index (χ0n) is 5.19. The number of hydrogen-bond acceptors (Lipinski definition) is 0. The minimum absolute atomic E-state index is 0.123. The first-order chi connectivity index (χ1) is 4.33. The zero-order chi connectivity index (χ0) is 6.69. The van der Waals surface area contributed by atoms with Gasteiger partial charge in [-0.15, -0.1) is 0 Å². The summed E-state index contributed by atoms with van der Waals surface area (Å²) >= 11 is 5.81. The first-order valence-corrected chi connectivity index (χ1v) is 6.29. The summed E-state index contributed by atoms with van der Waals surface area (Å²) in [6.45, 7) is 0. The minimum atomic E-state index is 0.123. The summed E-state index contributed by atoms with van der Waals surface area (Å²) in [6, 6.07) is 8.10. The molecule has 0 spiro atoms. The Morgan fingerprint density at radius 1 is 1.22 bits per heavy atom. The molecular formula is C7H7ClGe. The van der Waals surface area contributed by atoms with Gasteiger partial charge in [-0.1, -0.05) is 0 Å². The maximum atomic E-state index is 5.68. The quantitative estimate of drug-likeness (QED) is 0.604. The Kier molecular flexibility index (Phi) is 2.61. The van der Waals surface area contributed by atoms with E-state index in [0.717, 1.165) is 5.02 Å². The van der Waals surface area contributed by atoms with Gasteiger partial charge in [0.25, 0.3) is 0 Å². The summed E-state index contributed by atoms with van der Waals surface area (Å²) in [5, 5.41) is 0.832. The molecule has 1 rings (SSSR count). The van der Waals surface area contributed by atoms with E-state index in [0.29, 0.717) is 0 Å². The molecule has 0 aliphatic rings. The maximum absolute atomic E-state index is 5.68. The van der Waals surface area contributed by atoms with E-state index in [1.807, 2.05) is 12.1 Å². The van der Waals surface area contributed by atoms with Crippen molar-refractivity contribution in [3.63, 3.8) is 0 Å². The van der Waals surface area contributed by atoms with E-state index in [2.05, 4.69) is 17.9 Å². The molecule has 0 heterocycles. The van der Waals surface area contributed by atoms with Crippen LogP contribution in [0.3, 0.4) is 0 Å². The molecule has 0 aliphatic carbocycles. The van der Waals surface area contributed by atoms with E-state index in [9.17, 15) is 0 Å². The molecule has 0 saturated heterocycles. The molecule has 0 nitrogen and oxygen atoms in total. The SMILES string of the molecule is [CH3][Ge][c]1ccc(Cl)cc1. The molecule has 0 unspecified atom stereocenters. The fourth-order valence-electron chi connectivity index (χ4n) is 0.617. The van der Waals surface area contributed by atoms with Crippen molar-refractivity contribution in [1.29, 1.82) is 0 Å². The van der Waals surface area contributed by atoms with Crippen LogP contribution in [0.1, 0.15) is 0 Å². The van der Waals surface area contributed by atoms with E-state index in [1.165, 1.54) is 4.40 Å². The van der Waals surface area contributed by atoms with E-state index < -0.39 is 0 Å². The van der Waals surface area contributed by atoms with E-state index in [1.54, 1.807) is 0 Å². The van der Waals surface area contributed by atoms with Gasteiger partial charge in [0.1, 0.15) is 0 Å². The van der Waals surface area contributed by atoms with Gasteiger partial charge >= 0.3 is 66.5 Å². The standard InChI is InChI=1S/C7H7ClGe/c1-9-7-4-2-6(8)3-5-7/h2-5H,1H3. The fraction of sp³-hybridized carbons (Fsp3) is 0.143. The Hall–Kier alpha value is 0.0529. The zero-order valence-corrected chi connectivity index (χ0v) is 8.04. The van der Waals surface area contributed by atoms with Crippen LogP contribution in [0.15, 0.2) is 24.3 Å². The van der Waals surface area contributed by atoms with Crippen molar-refractivity contribution in [2.45, 2.75) is 5.76 Å². The van der Waals surface area contributed by atoms with Crippen LogP contribution in [0.5, 0.6) is 0 Å². The summed E-state index contributed by atoms with van der Waals surface area (Å²) < 4.78 is 1.46. The Bertz CT molecular complexity index is 181. The van der Waals surface area contributed by atoms with Crippen LogP contribution >= 0.6 is 11.6 Å². The first kappa shape index (κ1) is 7.16. The molecule has 0 bridgehead atoms. The van der Waals surface area contributed by atoms with Crippen molar-refractivity contribution >= 4 is 31.4 Å². The predicted octanol–water partition coefficient (Wildman–Crippen LogP) is 1.72. The third-order valence-electron chi connectivity index (χ3n) is 1.13. The molecule has 46 valence electrons. The van der Waals surface area contributed by atoms with Gasteiger partial charge in [-0.2, -0.15) is 0 Å². The second-order valence-electron chi connectivity index (χ2n) is 1.76. The summed E-state index contributed by atoms with van der Waals surface area (Å²) in [4.78, 5) is 0. The van der Waals surface area contributed by atoms with Crippen molar-refractivity contribution in [2.75, 3.05) is 0 Å². The number of hydrogen-bond donors (Lipinski definition) is 0. The Morgan fingerprint density at radius 3 is 2.22 bits per heavy atom. The van der Waals surface area contributed by atoms with Crippen LogP contribution in [-0.2, 0) is 0 Å². The van der Waals surface area contributed by atoms with Gasteiger partial charge in [0.15, 0.2) is 0 Å². The Labute approximate surface area is 66.7 Å². The predicted molar refractivity (Wildman–Crippen MR) is 42.7 cm³/mol. The molecule has 1 aromatic rings. The van der Waals surface area contributed by atoms with Gasteiger partial charge < -0.3 is 0 Å². The average molecular weight is 199 g/mol. The second kappa shape index (κ2) is 3.28. The summed E-state index contributed by atoms with van der Waals surface area (Å²) in [5.74, 6) is 2.25. The van der Waals surface area contributed by atoms with Crippen LogP contribution in [0.2, 0.25) is 10.8 Å². The monoisotopic (exact) mass is 200 g/mol. The van der Waals surface area contributed by atoms with Crippen LogP contribution in [0, 0.1) is 0 Å². The molecule has 0 aromatic heterocycles. The second-order valence-corrected chi connectivity index (χ2v) is 4.45. The third-order valence-corrected chi connectivity index (χ3v) is 3.30. The summed E-state index contributed by atoms with van der Waals surface area (Å²) in [5.41, 5.74) is 0. The molecule has 0 aliphatic heterocycles. The Morgan fingerprint density at radius 2 is 1.78 bits per heavy atom. The van der Waals surface area contributed by atoms with Gasteiger partial charge in [-0.3, -0.25) is 0 Å². The molecule has 2 heteroatoms. The first-order valence-electron chi connectivity index (χ1n) is 2.76. The van der Waals surface area contributed by atoms with Gasteiger partial charge in [0.2, 0.25) is 0 Å². The van der Waals surface area contributed by atoms with Gasteiger partial charge in [0.05, 0.1) is 0 Å². The normalized spacial score (nSPS) is 9.56. The van der Waals surface area contributed by atoms with E-state index >= 15 is 0 Å². The van der Waals surface area contributed by atoms with Crippen molar-refractivity contribution in [1.82, 2.24) is 0 Å². The van der Waals surface area contributed by atoms with Crippen LogP contribution in [0.4, 0.5) is 0 Å². The van der Waals surface area contributed by atoms with Gasteiger partial charge in [-0.05, 0) is 0 Å². The average Bonchev–Trinajstić information content (AvgIpc) is 1.90. The third kappa shape index (κ3) is 2.03. The molecule has 0 amide bonds. The number of halogens is 1. The van der Waals surface area contributed by atoms with Crippen LogP contribution in [0.25, 0.3) is 0 Å². The van der Waals surface area contributed by atoms with Crippen molar-refractivity contribution < 1.29 is 0 Å². The van der Waals surface area contributed by atoms with Crippen molar-refractivity contribution in [3.05, 3.63) is 29.3 Å². The van der Waals surface area contributed by atoms with E-state index in [4.69, 9.17) is 11.6 Å². The fourth-order valence-corrected chi connectivity index (χ4v) is 1.79. The summed E-state index contributed by atoms with van der Waals surface area (Å²) in [7, 11) is 0. The molecule has 9 heavy (non-hydrogen) atoms. The topological polar surface area (TPSA) is 0 Å². The van der Waals surface area contributed by atoms with Gasteiger partial charge in [-0.25, -0.2) is 0 Å².